The van der Waals surface area contributed by atoms with Gasteiger partial charge in [-0.15, -0.1) is 0 Å². The molecule has 2 aliphatic rings. The van der Waals surface area contributed by atoms with Crippen LogP contribution < -0.4 is 0 Å². The van der Waals surface area contributed by atoms with Crippen molar-refractivity contribution in [1.82, 2.24) is 0 Å². The number of ether oxygens (including phenoxy) is 1. The Balaban J connectivity index is 2.22. The molecule has 4 unspecified atom stereocenters. The first-order chi connectivity index (χ1) is 8.38. The molecule has 0 aromatic rings. The molecule has 106 valence electrons. The summed E-state index contributed by atoms with van der Waals surface area (Å²) in [7, 11) is 1.76. The van der Waals surface area contributed by atoms with Gasteiger partial charge in [0, 0.05) is 20.3 Å². The van der Waals surface area contributed by atoms with Crippen molar-refractivity contribution in [1.29, 1.82) is 0 Å². The lowest BCUT2D eigenvalue weighted by Crippen LogP contribution is -2.51. The summed E-state index contributed by atoms with van der Waals surface area (Å²) in [5.41, 5.74) is 0.198. The van der Waals surface area contributed by atoms with Gasteiger partial charge < -0.3 is 14.9 Å². The van der Waals surface area contributed by atoms with E-state index in [9.17, 15) is 10.2 Å². The van der Waals surface area contributed by atoms with Gasteiger partial charge in [-0.25, -0.2) is 0 Å². The molecule has 2 N–H and O–H groups in total. The first-order valence-corrected chi connectivity index (χ1v) is 7.09. The summed E-state index contributed by atoms with van der Waals surface area (Å²) in [5, 5.41) is 19.5. The third-order valence-electron chi connectivity index (χ3n) is 5.10. The predicted octanol–water partition coefficient (Wildman–Crippen LogP) is 2.21. The summed E-state index contributed by atoms with van der Waals surface area (Å²) < 4.78 is 5.39. The highest BCUT2D eigenvalue weighted by molar-refractivity contribution is 5.03. The van der Waals surface area contributed by atoms with Crippen LogP contribution in [0.3, 0.4) is 0 Å². The monoisotopic (exact) mass is 256 g/mol. The molecule has 18 heavy (non-hydrogen) atoms. The molecule has 0 spiro atoms. The minimum absolute atomic E-state index is 0.0000481. The lowest BCUT2D eigenvalue weighted by molar-refractivity contribution is -0.116. The lowest BCUT2D eigenvalue weighted by atomic mass is 9.49. The normalized spacial score (nSPS) is 48.2. The van der Waals surface area contributed by atoms with Crippen LogP contribution in [0.25, 0.3) is 0 Å². The SMILES string of the molecule is COCC1(C)CC2CC(C)(CO)CC(CO)(C2)C1. The maximum Gasteiger partial charge on any atom is 0.0516 e. The zero-order chi connectivity index (χ0) is 13.4. The number of aliphatic hydroxyl groups excluding tert-OH is 2. The second-order valence-electron chi connectivity index (χ2n) is 7.70. The maximum absolute atomic E-state index is 9.90. The topological polar surface area (TPSA) is 49.7 Å². The molecule has 3 heteroatoms. The van der Waals surface area contributed by atoms with Gasteiger partial charge in [-0.05, 0) is 54.3 Å². The molecule has 4 atom stereocenters. The van der Waals surface area contributed by atoms with Crippen LogP contribution in [0.15, 0.2) is 0 Å². The van der Waals surface area contributed by atoms with E-state index in [4.69, 9.17) is 4.74 Å². The molecule has 0 heterocycles. The Bertz CT molecular complexity index is 304. The van der Waals surface area contributed by atoms with Crippen molar-refractivity contribution < 1.29 is 14.9 Å². The number of aliphatic hydroxyl groups is 2. The quantitative estimate of drug-likeness (QED) is 0.811. The highest BCUT2D eigenvalue weighted by Gasteiger charge is 2.53. The molecule has 0 amide bonds. The number of hydrogen-bond donors (Lipinski definition) is 2. The Morgan fingerprint density at radius 3 is 2.17 bits per heavy atom. The first-order valence-electron chi connectivity index (χ1n) is 7.09. The van der Waals surface area contributed by atoms with Crippen LogP contribution in [-0.4, -0.2) is 37.1 Å². The smallest absolute Gasteiger partial charge is 0.0516 e. The molecule has 3 nitrogen and oxygen atoms in total. The summed E-state index contributed by atoms with van der Waals surface area (Å²) in [6, 6.07) is 0. The van der Waals surface area contributed by atoms with E-state index < -0.39 is 0 Å². The average molecular weight is 256 g/mol. The van der Waals surface area contributed by atoms with Crippen LogP contribution in [0.5, 0.6) is 0 Å². The first kappa shape index (κ1) is 14.3. The molecular formula is C15H28O3. The molecule has 0 saturated heterocycles. The van der Waals surface area contributed by atoms with Crippen molar-refractivity contribution in [3.63, 3.8) is 0 Å². The third-order valence-corrected chi connectivity index (χ3v) is 5.10. The van der Waals surface area contributed by atoms with Gasteiger partial charge in [-0.1, -0.05) is 13.8 Å². The van der Waals surface area contributed by atoms with Crippen LogP contribution in [0.1, 0.15) is 46.0 Å². The van der Waals surface area contributed by atoms with E-state index in [1.165, 1.54) is 0 Å². The van der Waals surface area contributed by atoms with E-state index in [0.29, 0.717) is 5.92 Å². The average Bonchev–Trinajstić information content (AvgIpc) is 2.27. The molecular weight excluding hydrogens is 228 g/mol. The maximum atomic E-state index is 9.90. The van der Waals surface area contributed by atoms with Gasteiger partial charge in [0.2, 0.25) is 0 Å². The fourth-order valence-corrected chi connectivity index (χ4v) is 5.14. The summed E-state index contributed by atoms with van der Waals surface area (Å²) in [6.45, 7) is 5.73. The van der Waals surface area contributed by atoms with Gasteiger partial charge in [0.25, 0.3) is 0 Å². The molecule has 0 aliphatic heterocycles. The number of methoxy groups -OCH3 is 1. The highest BCUT2D eigenvalue weighted by Crippen LogP contribution is 2.60. The zero-order valence-corrected chi connectivity index (χ0v) is 12.0. The molecule has 0 aromatic heterocycles. The summed E-state index contributed by atoms with van der Waals surface area (Å²) >= 11 is 0. The van der Waals surface area contributed by atoms with E-state index in [1.807, 2.05) is 0 Å². The van der Waals surface area contributed by atoms with E-state index in [2.05, 4.69) is 13.8 Å². The van der Waals surface area contributed by atoms with Crippen molar-refractivity contribution in [3.8, 4) is 0 Å². The third kappa shape index (κ3) is 2.59. The van der Waals surface area contributed by atoms with Gasteiger partial charge in [-0.2, -0.15) is 0 Å². The Labute approximate surface area is 111 Å². The zero-order valence-electron chi connectivity index (χ0n) is 12.0. The van der Waals surface area contributed by atoms with Gasteiger partial charge in [0.1, 0.15) is 0 Å². The Morgan fingerprint density at radius 2 is 1.61 bits per heavy atom. The van der Waals surface area contributed by atoms with Gasteiger partial charge >= 0.3 is 0 Å². The summed E-state index contributed by atoms with van der Waals surface area (Å²) in [6.07, 6.45) is 5.35. The van der Waals surface area contributed by atoms with E-state index >= 15 is 0 Å². The predicted molar refractivity (Wildman–Crippen MR) is 71.3 cm³/mol. The minimum Gasteiger partial charge on any atom is -0.396 e. The van der Waals surface area contributed by atoms with Gasteiger partial charge in [0.15, 0.2) is 0 Å². The van der Waals surface area contributed by atoms with Crippen LogP contribution >= 0.6 is 0 Å². The number of fused-ring (bicyclic) bond motifs is 2. The fourth-order valence-electron chi connectivity index (χ4n) is 5.14. The second-order valence-corrected chi connectivity index (χ2v) is 7.70. The minimum atomic E-state index is 0.0000481. The molecule has 2 bridgehead atoms. The molecule has 2 rings (SSSR count). The fraction of sp³-hybridized carbons (Fsp3) is 1.00. The van der Waals surface area contributed by atoms with E-state index in [1.54, 1.807) is 7.11 Å². The number of hydrogen-bond acceptors (Lipinski definition) is 3. The van der Waals surface area contributed by atoms with E-state index in [0.717, 1.165) is 38.7 Å². The van der Waals surface area contributed by atoms with Crippen molar-refractivity contribution in [2.24, 2.45) is 22.2 Å². The van der Waals surface area contributed by atoms with Crippen LogP contribution in [0.4, 0.5) is 0 Å². The standard InChI is InChI=1S/C15H28O3/c1-13(9-16)4-12-5-14(2,11-18-3)8-15(6-12,7-13)10-17/h12,16-17H,4-11H2,1-3H3. The van der Waals surface area contributed by atoms with Crippen molar-refractivity contribution in [2.75, 3.05) is 26.9 Å². The van der Waals surface area contributed by atoms with Crippen molar-refractivity contribution in [2.45, 2.75) is 46.0 Å². The van der Waals surface area contributed by atoms with Crippen LogP contribution in [0, 0.1) is 22.2 Å². The summed E-state index contributed by atoms with van der Waals surface area (Å²) in [4.78, 5) is 0. The molecule has 0 aromatic carbocycles. The summed E-state index contributed by atoms with van der Waals surface area (Å²) in [5.74, 6) is 0.622. The lowest BCUT2D eigenvalue weighted by Gasteiger charge is -2.57. The van der Waals surface area contributed by atoms with Crippen molar-refractivity contribution in [3.05, 3.63) is 0 Å². The Morgan fingerprint density at radius 1 is 1.00 bits per heavy atom. The van der Waals surface area contributed by atoms with Crippen LogP contribution in [-0.2, 0) is 4.74 Å². The van der Waals surface area contributed by atoms with Crippen molar-refractivity contribution >= 4 is 0 Å². The molecule has 2 aliphatic carbocycles. The number of rotatable bonds is 4. The van der Waals surface area contributed by atoms with E-state index in [-0.39, 0.29) is 29.5 Å². The molecule has 0 radical (unpaired) electrons. The highest BCUT2D eigenvalue weighted by atomic mass is 16.5. The molecule has 2 fully saturated rings. The van der Waals surface area contributed by atoms with Gasteiger partial charge in [0.05, 0.1) is 6.61 Å². The molecule has 2 saturated carbocycles. The Hall–Kier alpha value is -0.120. The Kier molecular flexibility index (Phi) is 3.79. The largest absolute Gasteiger partial charge is 0.396 e. The van der Waals surface area contributed by atoms with Crippen LogP contribution in [0.2, 0.25) is 0 Å². The second kappa shape index (κ2) is 4.77. The van der Waals surface area contributed by atoms with Gasteiger partial charge in [-0.3, -0.25) is 0 Å².